The van der Waals surface area contributed by atoms with Gasteiger partial charge in [0.15, 0.2) is 5.82 Å². The number of carboxylic acid groups (broad SMARTS) is 1. The highest BCUT2D eigenvalue weighted by Gasteiger charge is 2.31. The van der Waals surface area contributed by atoms with Crippen molar-refractivity contribution in [1.82, 2.24) is 9.97 Å². The molecule has 2 aromatic rings. The van der Waals surface area contributed by atoms with Gasteiger partial charge >= 0.3 is 5.97 Å². The molecule has 3 rings (SSSR count). The number of aromatic nitrogens is 2. The van der Waals surface area contributed by atoms with E-state index < -0.39 is 12.0 Å². The van der Waals surface area contributed by atoms with Gasteiger partial charge in [-0.3, -0.25) is 4.98 Å². The highest BCUT2D eigenvalue weighted by molar-refractivity contribution is 6.30. The molecule has 1 N–H and O–H groups in total. The monoisotopic (exact) mass is 333 g/mol. The van der Waals surface area contributed by atoms with E-state index in [0.29, 0.717) is 36.3 Å². The van der Waals surface area contributed by atoms with Crippen LogP contribution in [-0.4, -0.2) is 33.6 Å². The second-order valence-corrected chi connectivity index (χ2v) is 5.76. The fourth-order valence-electron chi connectivity index (χ4n) is 2.63. The molecule has 0 radical (unpaired) electrons. The number of carbonyl (C=O) groups is 1. The first kappa shape index (κ1) is 15.6. The van der Waals surface area contributed by atoms with Gasteiger partial charge in [-0.25, -0.2) is 4.79 Å². The summed E-state index contributed by atoms with van der Waals surface area (Å²) < 4.78 is 5.64. The zero-order valence-electron chi connectivity index (χ0n) is 12.4. The molecule has 0 bridgehead atoms. The molecule has 0 spiro atoms. The van der Waals surface area contributed by atoms with Crippen LogP contribution in [0.3, 0.4) is 0 Å². The van der Waals surface area contributed by atoms with Crippen molar-refractivity contribution in [3.8, 4) is 5.88 Å². The number of ether oxygens (including phenoxy) is 1. The largest absolute Gasteiger partial charge is 0.480 e. The molecule has 0 aliphatic carbocycles. The van der Waals surface area contributed by atoms with Crippen molar-refractivity contribution in [2.24, 2.45) is 0 Å². The van der Waals surface area contributed by atoms with Gasteiger partial charge in [0.05, 0.1) is 12.4 Å². The van der Waals surface area contributed by atoms with E-state index in [1.807, 2.05) is 18.2 Å². The normalized spacial score (nSPS) is 17.3. The second-order valence-electron chi connectivity index (χ2n) is 5.32. The van der Waals surface area contributed by atoms with Gasteiger partial charge in [-0.15, -0.1) is 0 Å². The Kier molecular flexibility index (Phi) is 4.62. The molecule has 1 aromatic heterocycles. The van der Waals surface area contributed by atoms with Crippen LogP contribution in [0.25, 0.3) is 0 Å². The minimum Gasteiger partial charge on any atom is -0.480 e. The maximum atomic E-state index is 11.3. The third kappa shape index (κ3) is 3.71. The number of carboxylic acids is 1. The smallest absolute Gasteiger partial charge is 0.326 e. The summed E-state index contributed by atoms with van der Waals surface area (Å²) in [5.41, 5.74) is 0.925. The summed E-state index contributed by atoms with van der Waals surface area (Å²) in [6.45, 7) is 0.977. The SMILES string of the molecule is O=C(O)C1CCCN1c1cncc(OCc2cccc(Cl)c2)n1. The average Bonchev–Trinajstić information content (AvgIpc) is 3.03. The predicted octanol–water partition coefficient (Wildman–Crippen LogP) is 2.76. The first-order valence-electron chi connectivity index (χ1n) is 7.32. The van der Waals surface area contributed by atoms with Gasteiger partial charge in [0.25, 0.3) is 0 Å². The van der Waals surface area contributed by atoms with Crippen molar-refractivity contribution < 1.29 is 14.6 Å². The number of anilines is 1. The van der Waals surface area contributed by atoms with Gasteiger partial charge in [0, 0.05) is 11.6 Å². The molecule has 0 amide bonds. The van der Waals surface area contributed by atoms with E-state index in [0.717, 1.165) is 12.0 Å². The van der Waals surface area contributed by atoms with Crippen molar-refractivity contribution in [1.29, 1.82) is 0 Å². The molecule has 1 aliphatic heterocycles. The van der Waals surface area contributed by atoms with Crippen LogP contribution < -0.4 is 9.64 Å². The Labute approximate surface area is 138 Å². The minimum atomic E-state index is -0.838. The molecule has 6 nitrogen and oxygen atoms in total. The van der Waals surface area contributed by atoms with Gasteiger partial charge in [-0.2, -0.15) is 4.98 Å². The van der Waals surface area contributed by atoms with Crippen molar-refractivity contribution in [2.75, 3.05) is 11.4 Å². The van der Waals surface area contributed by atoms with E-state index in [1.54, 1.807) is 17.2 Å². The van der Waals surface area contributed by atoms with Crippen LogP contribution in [0.1, 0.15) is 18.4 Å². The van der Waals surface area contributed by atoms with Crippen LogP contribution >= 0.6 is 11.6 Å². The Morgan fingerprint density at radius 2 is 2.30 bits per heavy atom. The summed E-state index contributed by atoms with van der Waals surface area (Å²) in [6.07, 6.45) is 4.52. The topological polar surface area (TPSA) is 75.5 Å². The van der Waals surface area contributed by atoms with Crippen molar-refractivity contribution in [3.05, 3.63) is 47.2 Å². The molecule has 1 aliphatic rings. The molecule has 1 aromatic carbocycles. The summed E-state index contributed by atoms with van der Waals surface area (Å²) in [7, 11) is 0. The summed E-state index contributed by atoms with van der Waals surface area (Å²) in [4.78, 5) is 21.5. The molecule has 7 heteroatoms. The Bertz CT molecular complexity index is 710. The van der Waals surface area contributed by atoms with Crippen LogP contribution in [0.15, 0.2) is 36.7 Å². The molecule has 2 heterocycles. The Morgan fingerprint density at radius 1 is 1.43 bits per heavy atom. The van der Waals surface area contributed by atoms with Crippen molar-refractivity contribution >= 4 is 23.4 Å². The molecule has 23 heavy (non-hydrogen) atoms. The van der Waals surface area contributed by atoms with E-state index in [2.05, 4.69) is 9.97 Å². The number of aliphatic carboxylic acids is 1. The summed E-state index contributed by atoms with van der Waals surface area (Å²) in [5.74, 6) is 0.0477. The number of benzene rings is 1. The van der Waals surface area contributed by atoms with E-state index in [9.17, 15) is 9.90 Å². The summed E-state index contributed by atoms with van der Waals surface area (Å²) >= 11 is 5.94. The average molecular weight is 334 g/mol. The van der Waals surface area contributed by atoms with Gasteiger partial charge < -0.3 is 14.7 Å². The number of hydrogen-bond donors (Lipinski definition) is 1. The molecule has 120 valence electrons. The van der Waals surface area contributed by atoms with Crippen LogP contribution in [0.5, 0.6) is 5.88 Å². The van der Waals surface area contributed by atoms with Gasteiger partial charge in [-0.1, -0.05) is 23.7 Å². The summed E-state index contributed by atoms with van der Waals surface area (Å²) in [5, 5.41) is 9.90. The predicted molar refractivity (Wildman–Crippen MR) is 85.8 cm³/mol. The Hall–Kier alpha value is -2.34. The number of halogens is 1. The third-order valence-electron chi connectivity index (χ3n) is 3.71. The molecule has 0 saturated carbocycles. The van der Waals surface area contributed by atoms with Crippen LogP contribution in [0.4, 0.5) is 5.82 Å². The highest BCUT2D eigenvalue weighted by Crippen LogP contribution is 2.25. The highest BCUT2D eigenvalue weighted by atomic mass is 35.5. The Balaban J connectivity index is 1.71. The van der Waals surface area contributed by atoms with E-state index >= 15 is 0 Å². The molecule has 1 saturated heterocycles. The van der Waals surface area contributed by atoms with E-state index in [-0.39, 0.29) is 0 Å². The van der Waals surface area contributed by atoms with Gasteiger partial charge in [0.1, 0.15) is 12.6 Å². The maximum absolute atomic E-state index is 11.3. The lowest BCUT2D eigenvalue weighted by atomic mass is 10.2. The van der Waals surface area contributed by atoms with Crippen LogP contribution in [-0.2, 0) is 11.4 Å². The quantitative estimate of drug-likeness (QED) is 0.906. The van der Waals surface area contributed by atoms with Crippen molar-refractivity contribution in [2.45, 2.75) is 25.5 Å². The van der Waals surface area contributed by atoms with Gasteiger partial charge in [-0.05, 0) is 30.5 Å². The lowest BCUT2D eigenvalue weighted by molar-refractivity contribution is -0.138. The van der Waals surface area contributed by atoms with E-state index in [4.69, 9.17) is 16.3 Å². The first-order valence-corrected chi connectivity index (χ1v) is 7.70. The third-order valence-corrected chi connectivity index (χ3v) is 3.94. The van der Waals surface area contributed by atoms with E-state index in [1.165, 1.54) is 6.20 Å². The number of hydrogen-bond acceptors (Lipinski definition) is 5. The van der Waals surface area contributed by atoms with Crippen LogP contribution in [0, 0.1) is 0 Å². The molecule has 1 fully saturated rings. The molecular formula is C16H16ClN3O3. The van der Waals surface area contributed by atoms with Crippen molar-refractivity contribution in [3.63, 3.8) is 0 Å². The lowest BCUT2D eigenvalue weighted by Gasteiger charge is -2.22. The first-order chi connectivity index (χ1) is 11.1. The fraction of sp³-hybridized carbons (Fsp3) is 0.312. The Morgan fingerprint density at radius 3 is 3.09 bits per heavy atom. The number of nitrogens with zero attached hydrogens (tertiary/aromatic N) is 3. The molecule has 1 unspecified atom stereocenters. The lowest BCUT2D eigenvalue weighted by Crippen LogP contribution is -2.36. The minimum absolute atomic E-state index is 0.320. The standard InChI is InChI=1S/C16H16ClN3O3/c17-12-4-1-3-11(7-12)10-23-15-9-18-8-14(19-15)20-6-2-5-13(20)16(21)22/h1,3-4,7-9,13H,2,5-6,10H2,(H,21,22). The van der Waals surface area contributed by atoms with Crippen LogP contribution in [0.2, 0.25) is 5.02 Å². The van der Waals surface area contributed by atoms with Gasteiger partial charge in [0.2, 0.25) is 5.88 Å². The summed E-state index contributed by atoms with van der Waals surface area (Å²) in [6, 6.07) is 6.83. The fourth-order valence-corrected chi connectivity index (χ4v) is 2.84. The number of rotatable bonds is 5. The maximum Gasteiger partial charge on any atom is 0.326 e. The second kappa shape index (κ2) is 6.83. The molecular weight excluding hydrogens is 318 g/mol. The zero-order chi connectivity index (χ0) is 16.2. The molecule has 1 atom stereocenters. The zero-order valence-corrected chi connectivity index (χ0v) is 13.1.